The largest absolute Gasteiger partial charge is 0.381 e. The van der Waals surface area contributed by atoms with Crippen LogP contribution in [0.3, 0.4) is 0 Å². The van der Waals surface area contributed by atoms with Gasteiger partial charge in [-0.2, -0.15) is 5.10 Å². The predicted octanol–water partition coefficient (Wildman–Crippen LogP) is 4.37. The lowest BCUT2D eigenvalue weighted by atomic mass is 10.0. The van der Waals surface area contributed by atoms with Crippen LogP contribution in [0, 0.1) is 5.92 Å². The van der Waals surface area contributed by atoms with Crippen molar-refractivity contribution < 1.29 is 0 Å². The molecule has 0 aliphatic carbocycles. The first kappa shape index (κ1) is 13.9. The molecular formula is C15H20ClN3. The molecule has 0 spiro atoms. The Hall–Kier alpha value is -1.48. The summed E-state index contributed by atoms with van der Waals surface area (Å²) in [7, 11) is 0. The Bertz CT molecular complexity index is 522. The van der Waals surface area contributed by atoms with Crippen molar-refractivity contribution in [1.82, 2.24) is 9.78 Å². The zero-order chi connectivity index (χ0) is 13.8. The molecule has 0 bridgehead atoms. The second kappa shape index (κ2) is 6.11. The summed E-state index contributed by atoms with van der Waals surface area (Å²) in [5, 5.41) is 8.52. The summed E-state index contributed by atoms with van der Waals surface area (Å²) in [5.74, 6) is 0.601. The van der Waals surface area contributed by atoms with E-state index >= 15 is 0 Å². The van der Waals surface area contributed by atoms with Gasteiger partial charge in [-0.1, -0.05) is 37.9 Å². The van der Waals surface area contributed by atoms with Crippen LogP contribution in [0.15, 0.2) is 36.7 Å². The third-order valence-corrected chi connectivity index (χ3v) is 3.91. The van der Waals surface area contributed by atoms with Gasteiger partial charge in [-0.3, -0.25) is 0 Å². The Morgan fingerprint density at radius 2 is 2.11 bits per heavy atom. The molecule has 2 atom stereocenters. The van der Waals surface area contributed by atoms with E-state index in [2.05, 4.69) is 31.2 Å². The van der Waals surface area contributed by atoms with Crippen LogP contribution < -0.4 is 5.32 Å². The van der Waals surface area contributed by atoms with Gasteiger partial charge in [-0.05, 0) is 31.0 Å². The molecule has 0 fully saturated rings. The lowest BCUT2D eigenvalue weighted by molar-refractivity contribution is 0.494. The molecule has 1 heterocycles. The van der Waals surface area contributed by atoms with Gasteiger partial charge in [0.05, 0.1) is 10.7 Å². The van der Waals surface area contributed by atoms with Gasteiger partial charge >= 0.3 is 0 Å². The third kappa shape index (κ3) is 3.10. The molecule has 1 aromatic heterocycles. The molecule has 0 radical (unpaired) electrons. The van der Waals surface area contributed by atoms with Crippen LogP contribution in [0.5, 0.6) is 0 Å². The summed E-state index contributed by atoms with van der Waals surface area (Å²) in [6.07, 6.45) is 4.80. The molecule has 1 aromatic carbocycles. The molecule has 4 heteroatoms. The van der Waals surface area contributed by atoms with Gasteiger partial charge < -0.3 is 5.32 Å². The van der Waals surface area contributed by atoms with E-state index in [1.54, 1.807) is 10.9 Å². The number of benzene rings is 1. The van der Waals surface area contributed by atoms with Crippen molar-refractivity contribution in [2.24, 2.45) is 5.92 Å². The topological polar surface area (TPSA) is 29.9 Å². The molecule has 3 nitrogen and oxygen atoms in total. The Balaban J connectivity index is 2.33. The normalized spacial score (nSPS) is 14.1. The number of hydrogen-bond acceptors (Lipinski definition) is 2. The van der Waals surface area contributed by atoms with Crippen molar-refractivity contribution in [2.75, 3.05) is 5.32 Å². The molecule has 0 saturated carbocycles. The van der Waals surface area contributed by atoms with Gasteiger partial charge in [0.15, 0.2) is 0 Å². The molecule has 0 aliphatic rings. The van der Waals surface area contributed by atoms with Gasteiger partial charge in [0, 0.05) is 18.4 Å². The summed E-state index contributed by atoms with van der Waals surface area (Å²) >= 11 is 6.32. The predicted molar refractivity (Wildman–Crippen MR) is 81.1 cm³/mol. The second-order valence-electron chi connectivity index (χ2n) is 4.91. The van der Waals surface area contributed by atoms with Crippen molar-refractivity contribution >= 4 is 17.3 Å². The van der Waals surface area contributed by atoms with Crippen LogP contribution in [0.25, 0.3) is 5.69 Å². The lowest BCUT2D eigenvalue weighted by Crippen LogP contribution is -2.24. The fourth-order valence-corrected chi connectivity index (χ4v) is 2.27. The minimum absolute atomic E-state index is 0.387. The zero-order valence-corrected chi connectivity index (χ0v) is 12.4. The number of halogens is 1. The number of para-hydroxylation sites is 1. The maximum atomic E-state index is 6.32. The number of nitrogens with one attached hydrogen (secondary N) is 1. The molecule has 0 amide bonds. The van der Waals surface area contributed by atoms with E-state index in [1.165, 1.54) is 0 Å². The van der Waals surface area contributed by atoms with E-state index in [0.717, 1.165) is 17.8 Å². The summed E-state index contributed by atoms with van der Waals surface area (Å²) in [4.78, 5) is 0. The van der Waals surface area contributed by atoms with Crippen molar-refractivity contribution in [3.8, 4) is 5.69 Å². The number of anilines is 1. The maximum absolute atomic E-state index is 6.32. The van der Waals surface area contributed by atoms with Crippen LogP contribution in [0.1, 0.15) is 27.2 Å². The highest BCUT2D eigenvalue weighted by atomic mass is 35.5. The Kier molecular flexibility index (Phi) is 4.48. The standard InChI is InChI=1S/C15H20ClN3/c1-4-11(2)12(3)18-14-8-5-7-13(16)15(14)19-10-6-9-17-19/h5-12,18H,4H2,1-3H3. The fraction of sp³-hybridized carbons (Fsp3) is 0.400. The molecule has 2 aromatic rings. The van der Waals surface area contributed by atoms with Crippen LogP contribution in [0.2, 0.25) is 5.02 Å². The molecule has 0 saturated heterocycles. The Labute approximate surface area is 119 Å². The van der Waals surface area contributed by atoms with Gasteiger partial charge in [-0.25, -0.2) is 4.68 Å². The van der Waals surface area contributed by atoms with E-state index in [9.17, 15) is 0 Å². The van der Waals surface area contributed by atoms with Crippen molar-refractivity contribution in [3.63, 3.8) is 0 Å². The van der Waals surface area contributed by atoms with E-state index in [4.69, 9.17) is 11.6 Å². The van der Waals surface area contributed by atoms with Gasteiger partial charge in [0.1, 0.15) is 5.69 Å². The van der Waals surface area contributed by atoms with Crippen molar-refractivity contribution in [1.29, 1.82) is 0 Å². The molecule has 1 N–H and O–H groups in total. The molecule has 19 heavy (non-hydrogen) atoms. The lowest BCUT2D eigenvalue weighted by Gasteiger charge is -2.23. The molecule has 0 aliphatic heterocycles. The minimum Gasteiger partial charge on any atom is -0.381 e. The number of aromatic nitrogens is 2. The second-order valence-corrected chi connectivity index (χ2v) is 5.31. The highest BCUT2D eigenvalue weighted by molar-refractivity contribution is 6.33. The average Bonchev–Trinajstić information content (AvgIpc) is 2.91. The Morgan fingerprint density at radius 3 is 2.74 bits per heavy atom. The van der Waals surface area contributed by atoms with Gasteiger partial charge in [0.2, 0.25) is 0 Å². The molecule has 2 unspecified atom stereocenters. The van der Waals surface area contributed by atoms with Crippen LogP contribution in [-0.4, -0.2) is 15.8 Å². The molecule has 2 rings (SSSR count). The van der Waals surface area contributed by atoms with Gasteiger partial charge in [0.25, 0.3) is 0 Å². The zero-order valence-electron chi connectivity index (χ0n) is 11.6. The van der Waals surface area contributed by atoms with Gasteiger partial charge in [-0.15, -0.1) is 0 Å². The van der Waals surface area contributed by atoms with Crippen LogP contribution >= 0.6 is 11.6 Å². The summed E-state index contributed by atoms with van der Waals surface area (Å²) in [6.45, 7) is 6.65. The smallest absolute Gasteiger partial charge is 0.106 e. The van der Waals surface area contributed by atoms with Crippen molar-refractivity contribution in [3.05, 3.63) is 41.7 Å². The van der Waals surface area contributed by atoms with E-state index in [1.807, 2.05) is 30.5 Å². The van der Waals surface area contributed by atoms with Crippen molar-refractivity contribution in [2.45, 2.75) is 33.2 Å². The average molecular weight is 278 g/mol. The fourth-order valence-electron chi connectivity index (χ4n) is 2.01. The number of nitrogens with zero attached hydrogens (tertiary/aromatic N) is 2. The summed E-state index contributed by atoms with van der Waals surface area (Å²) < 4.78 is 1.80. The SMILES string of the molecule is CCC(C)C(C)Nc1cccc(Cl)c1-n1cccn1. The summed E-state index contributed by atoms with van der Waals surface area (Å²) in [6, 6.07) is 8.17. The number of rotatable bonds is 5. The first-order chi connectivity index (χ1) is 9.13. The highest BCUT2D eigenvalue weighted by Crippen LogP contribution is 2.29. The minimum atomic E-state index is 0.387. The number of hydrogen-bond donors (Lipinski definition) is 1. The van der Waals surface area contributed by atoms with E-state index in [0.29, 0.717) is 17.0 Å². The Morgan fingerprint density at radius 1 is 1.32 bits per heavy atom. The van der Waals surface area contributed by atoms with E-state index < -0.39 is 0 Å². The quantitative estimate of drug-likeness (QED) is 0.879. The first-order valence-electron chi connectivity index (χ1n) is 6.68. The van der Waals surface area contributed by atoms with E-state index in [-0.39, 0.29) is 0 Å². The third-order valence-electron chi connectivity index (χ3n) is 3.60. The highest BCUT2D eigenvalue weighted by Gasteiger charge is 2.14. The van der Waals surface area contributed by atoms with Crippen LogP contribution in [-0.2, 0) is 0 Å². The summed E-state index contributed by atoms with van der Waals surface area (Å²) in [5.41, 5.74) is 1.92. The maximum Gasteiger partial charge on any atom is 0.106 e. The molecular weight excluding hydrogens is 258 g/mol. The first-order valence-corrected chi connectivity index (χ1v) is 7.06. The monoisotopic (exact) mass is 277 g/mol. The molecule has 102 valence electrons. The van der Waals surface area contributed by atoms with Crippen LogP contribution in [0.4, 0.5) is 5.69 Å².